The van der Waals surface area contributed by atoms with E-state index in [1.54, 1.807) is 0 Å². The summed E-state index contributed by atoms with van der Waals surface area (Å²) in [5.74, 6) is 0. The van der Waals surface area contributed by atoms with Crippen molar-refractivity contribution in [1.29, 1.82) is 0 Å². The Labute approximate surface area is 80.6 Å². The second-order valence-electron chi connectivity index (χ2n) is 3.45. The lowest BCUT2D eigenvalue weighted by Gasteiger charge is -2.15. The van der Waals surface area contributed by atoms with Gasteiger partial charge in [-0.3, -0.25) is 4.98 Å². The summed E-state index contributed by atoms with van der Waals surface area (Å²) in [5, 5.41) is 0. The van der Waals surface area contributed by atoms with E-state index in [1.807, 2.05) is 18.5 Å². The quantitative estimate of drug-likeness (QED) is 0.688. The van der Waals surface area contributed by atoms with Crippen molar-refractivity contribution in [2.24, 2.45) is 0 Å². The Bertz CT molecular complexity index is 221. The van der Waals surface area contributed by atoms with Crippen molar-refractivity contribution in [2.45, 2.75) is 26.3 Å². The molecule has 1 aromatic rings. The van der Waals surface area contributed by atoms with Crippen LogP contribution in [0.25, 0.3) is 0 Å². The molecule has 2 nitrogen and oxygen atoms in total. The van der Waals surface area contributed by atoms with Crippen molar-refractivity contribution < 1.29 is 0 Å². The number of hydrogen-bond donors (Lipinski definition) is 0. The molecule has 0 atom stereocenters. The second-order valence-corrected chi connectivity index (χ2v) is 3.45. The number of pyridine rings is 1. The Morgan fingerprint density at radius 2 is 2.31 bits per heavy atom. The van der Waals surface area contributed by atoms with E-state index in [0.29, 0.717) is 0 Å². The zero-order valence-electron chi connectivity index (χ0n) is 8.53. The van der Waals surface area contributed by atoms with E-state index < -0.39 is 0 Å². The number of hydrogen-bond acceptors (Lipinski definition) is 2. The number of nitrogens with zero attached hydrogens (tertiary/aromatic N) is 2. The minimum Gasteiger partial charge on any atom is -0.302 e. The molecule has 72 valence electrons. The van der Waals surface area contributed by atoms with E-state index in [2.05, 4.69) is 29.9 Å². The fourth-order valence-electron chi connectivity index (χ4n) is 1.31. The molecule has 0 bridgehead atoms. The maximum atomic E-state index is 4.09. The third kappa shape index (κ3) is 4.04. The van der Waals surface area contributed by atoms with Gasteiger partial charge in [-0.25, -0.2) is 0 Å². The molecule has 0 N–H and O–H groups in total. The molecule has 2 heteroatoms. The first-order valence-corrected chi connectivity index (χ1v) is 4.90. The van der Waals surface area contributed by atoms with Gasteiger partial charge in [0, 0.05) is 18.9 Å². The minimum absolute atomic E-state index is 1.01. The Morgan fingerprint density at radius 3 is 2.92 bits per heavy atom. The molecule has 1 heterocycles. The Kier molecular flexibility index (Phi) is 4.47. The summed E-state index contributed by atoms with van der Waals surface area (Å²) in [7, 11) is 2.16. The van der Waals surface area contributed by atoms with Crippen molar-refractivity contribution in [3.05, 3.63) is 30.1 Å². The molecule has 0 saturated carbocycles. The summed E-state index contributed by atoms with van der Waals surface area (Å²) in [6.07, 6.45) is 6.28. The van der Waals surface area contributed by atoms with Gasteiger partial charge in [0.1, 0.15) is 0 Å². The van der Waals surface area contributed by atoms with Crippen LogP contribution in [0.2, 0.25) is 0 Å². The molecule has 0 spiro atoms. The molecular formula is C11H18N2. The van der Waals surface area contributed by atoms with Crippen molar-refractivity contribution >= 4 is 0 Å². The molecule has 0 aliphatic heterocycles. The van der Waals surface area contributed by atoms with Crippen molar-refractivity contribution in [1.82, 2.24) is 9.88 Å². The van der Waals surface area contributed by atoms with E-state index in [1.165, 1.54) is 24.9 Å². The van der Waals surface area contributed by atoms with Gasteiger partial charge in [0.25, 0.3) is 0 Å². The van der Waals surface area contributed by atoms with Crippen molar-refractivity contribution in [2.75, 3.05) is 13.6 Å². The summed E-state index contributed by atoms with van der Waals surface area (Å²) in [6.45, 7) is 4.40. The highest BCUT2D eigenvalue weighted by atomic mass is 15.1. The fraction of sp³-hybridized carbons (Fsp3) is 0.545. The predicted molar refractivity (Wildman–Crippen MR) is 55.5 cm³/mol. The van der Waals surface area contributed by atoms with Crippen LogP contribution in [-0.2, 0) is 6.54 Å². The van der Waals surface area contributed by atoms with Crippen LogP contribution >= 0.6 is 0 Å². The van der Waals surface area contributed by atoms with Crippen LogP contribution in [-0.4, -0.2) is 23.5 Å². The normalized spacial score (nSPS) is 10.7. The first kappa shape index (κ1) is 10.2. The third-order valence-electron chi connectivity index (χ3n) is 2.07. The Morgan fingerprint density at radius 1 is 1.46 bits per heavy atom. The summed E-state index contributed by atoms with van der Waals surface area (Å²) in [6, 6.07) is 4.11. The zero-order valence-corrected chi connectivity index (χ0v) is 8.53. The molecule has 0 fully saturated rings. The van der Waals surface area contributed by atoms with Gasteiger partial charge in [0.05, 0.1) is 0 Å². The third-order valence-corrected chi connectivity index (χ3v) is 2.07. The monoisotopic (exact) mass is 178 g/mol. The molecule has 0 aliphatic rings. The average molecular weight is 178 g/mol. The predicted octanol–water partition coefficient (Wildman–Crippen LogP) is 2.31. The molecule has 1 aromatic heterocycles. The van der Waals surface area contributed by atoms with E-state index in [-0.39, 0.29) is 0 Å². The molecule has 0 radical (unpaired) electrons. The first-order chi connectivity index (χ1) is 6.33. The number of aromatic nitrogens is 1. The zero-order chi connectivity index (χ0) is 9.52. The Hall–Kier alpha value is -0.890. The van der Waals surface area contributed by atoms with Crippen LogP contribution in [0.4, 0.5) is 0 Å². The van der Waals surface area contributed by atoms with Crippen LogP contribution in [0.1, 0.15) is 25.3 Å². The molecule has 1 rings (SSSR count). The molecule has 0 aliphatic carbocycles. The summed E-state index contributed by atoms with van der Waals surface area (Å²) in [5.41, 5.74) is 1.29. The number of unbranched alkanes of at least 4 members (excludes halogenated alkanes) is 1. The van der Waals surface area contributed by atoms with E-state index in [4.69, 9.17) is 0 Å². The topological polar surface area (TPSA) is 16.1 Å². The van der Waals surface area contributed by atoms with Gasteiger partial charge in [-0.15, -0.1) is 0 Å². The van der Waals surface area contributed by atoms with E-state index in [0.717, 1.165) is 6.54 Å². The second kappa shape index (κ2) is 5.70. The van der Waals surface area contributed by atoms with Gasteiger partial charge in [0.15, 0.2) is 0 Å². The molecule has 0 aromatic carbocycles. The lowest BCUT2D eigenvalue weighted by atomic mass is 10.2. The Balaban J connectivity index is 2.32. The minimum atomic E-state index is 1.01. The average Bonchev–Trinajstić information content (AvgIpc) is 2.16. The summed E-state index contributed by atoms with van der Waals surface area (Å²) < 4.78 is 0. The molecular weight excluding hydrogens is 160 g/mol. The van der Waals surface area contributed by atoms with Crippen molar-refractivity contribution in [3.8, 4) is 0 Å². The highest BCUT2D eigenvalue weighted by molar-refractivity contribution is 5.07. The number of rotatable bonds is 5. The van der Waals surface area contributed by atoms with Crippen molar-refractivity contribution in [3.63, 3.8) is 0 Å². The molecule has 13 heavy (non-hydrogen) atoms. The van der Waals surface area contributed by atoms with Gasteiger partial charge >= 0.3 is 0 Å². The SMILES string of the molecule is CCCCN(C)Cc1cccnc1. The highest BCUT2D eigenvalue weighted by Gasteiger charge is 1.98. The van der Waals surface area contributed by atoms with Crippen LogP contribution in [0, 0.1) is 0 Å². The van der Waals surface area contributed by atoms with Gasteiger partial charge in [0.2, 0.25) is 0 Å². The fourth-order valence-corrected chi connectivity index (χ4v) is 1.31. The van der Waals surface area contributed by atoms with E-state index >= 15 is 0 Å². The van der Waals surface area contributed by atoms with Gasteiger partial charge in [-0.1, -0.05) is 19.4 Å². The lowest BCUT2D eigenvalue weighted by molar-refractivity contribution is 0.320. The first-order valence-electron chi connectivity index (χ1n) is 4.90. The summed E-state index contributed by atoms with van der Waals surface area (Å²) in [4.78, 5) is 6.43. The maximum Gasteiger partial charge on any atom is 0.0312 e. The molecule has 0 amide bonds. The van der Waals surface area contributed by atoms with Gasteiger partial charge < -0.3 is 4.90 Å². The largest absolute Gasteiger partial charge is 0.302 e. The van der Waals surface area contributed by atoms with Gasteiger partial charge in [-0.2, -0.15) is 0 Å². The van der Waals surface area contributed by atoms with Crippen LogP contribution < -0.4 is 0 Å². The summed E-state index contributed by atoms with van der Waals surface area (Å²) >= 11 is 0. The molecule has 0 unspecified atom stereocenters. The smallest absolute Gasteiger partial charge is 0.0312 e. The van der Waals surface area contributed by atoms with E-state index in [9.17, 15) is 0 Å². The standard InChI is InChI=1S/C11H18N2/c1-3-4-8-13(2)10-11-6-5-7-12-9-11/h5-7,9H,3-4,8,10H2,1-2H3. The van der Waals surface area contributed by atoms with Gasteiger partial charge in [-0.05, 0) is 31.6 Å². The maximum absolute atomic E-state index is 4.09. The van der Waals surface area contributed by atoms with Crippen LogP contribution in [0.15, 0.2) is 24.5 Å². The lowest BCUT2D eigenvalue weighted by Crippen LogP contribution is -2.18. The highest BCUT2D eigenvalue weighted by Crippen LogP contribution is 2.01. The molecule has 0 saturated heterocycles. The van der Waals surface area contributed by atoms with Crippen LogP contribution in [0.5, 0.6) is 0 Å². The van der Waals surface area contributed by atoms with Crippen LogP contribution in [0.3, 0.4) is 0 Å².